The van der Waals surface area contributed by atoms with Crippen LogP contribution in [0.5, 0.6) is 0 Å². The second kappa shape index (κ2) is 8.69. The third kappa shape index (κ3) is 4.53. The van der Waals surface area contributed by atoms with Crippen molar-refractivity contribution < 1.29 is 19.2 Å². The zero-order valence-corrected chi connectivity index (χ0v) is 17.3. The van der Waals surface area contributed by atoms with E-state index in [9.17, 15) is 9.90 Å². The standard InChI is InChI=1S/C19H30N4O4S/c1-28-13-16-20-17(27-21-16)12-23-8-4-19(5-9-23)10-15(26-18(19)25)11-22-6-2-14(24)3-7-22/h14-15,24H,2-13H2,1H3. The van der Waals surface area contributed by atoms with Gasteiger partial charge in [0.2, 0.25) is 5.89 Å². The number of rotatable bonds is 6. The predicted octanol–water partition coefficient (Wildman–Crippen LogP) is 1.29. The normalized spacial score (nSPS) is 26.8. The Morgan fingerprint density at radius 1 is 1.21 bits per heavy atom. The fraction of sp³-hybridized carbons (Fsp3) is 0.842. The van der Waals surface area contributed by atoms with Gasteiger partial charge in [-0.2, -0.15) is 16.7 Å². The largest absolute Gasteiger partial charge is 0.461 e. The highest BCUT2D eigenvalue weighted by molar-refractivity contribution is 7.97. The molecule has 1 spiro atoms. The molecule has 0 bridgehead atoms. The van der Waals surface area contributed by atoms with Crippen LogP contribution in [0.2, 0.25) is 0 Å². The van der Waals surface area contributed by atoms with Crippen LogP contribution < -0.4 is 0 Å². The first-order chi connectivity index (χ1) is 13.6. The van der Waals surface area contributed by atoms with E-state index in [-0.39, 0.29) is 23.6 Å². The monoisotopic (exact) mass is 410 g/mol. The molecule has 3 aliphatic heterocycles. The Labute approximate surface area is 170 Å². The summed E-state index contributed by atoms with van der Waals surface area (Å²) < 4.78 is 11.1. The van der Waals surface area contributed by atoms with E-state index in [0.29, 0.717) is 12.4 Å². The van der Waals surface area contributed by atoms with Crippen molar-refractivity contribution in [3.8, 4) is 0 Å². The molecule has 3 fully saturated rings. The van der Waals surface area contributed by atoms with Gasteiger partial charge in [-0.1, -0.05) is 5.16 Å². The fourth-order valence-corrected chi connectivity index (χ4v) is 4.99. The molecule has 156 valence electrons. The maximum absolute atomic E-state index is 12.7. The van der Waals surface area contributed by atoms with Crippen molar-refractivity contribution in [3.05, 3.63) is 11.7 Å². The van der Waals surface area contributed by atoms with Gasteiger partial charge in [-0.15, -0.1) is 0 Å². The first kappa shape index (κ1) is 20.1. The van der Waals surface area contributed by atoms with Crippen molar-refractivity contribution in [1.82, 2.24) is 19.9 Å². The number of aromatic nitrogens is 2. The van der Waals surface area contributed by atoms with Crippen molar-refractivity contribution >= 4 is 17.7 Å². The van der Waals surface area contributed by atoms with Gasteiger partial charge in [0.15, 0.2) is 5.82 Å². The highest BCUT2D eigenvalue weighted by Crippen LogP contribution is 2.43. The van der Waals surface area contributed by atoms with Crippen LogP contribution in [-0.2, 0) is 21.8 Å². The molecule has 1 unspecified atom stereocenters. The lowest BCUT2D eigenvalue weighted by molar-refractivity contribution is -0.151. The Kier molecular flexibility index (Phi) is 6.24. The minimum absolute atomic E-state index is 0.0145. The highest BCUT2D eigenvalue weighted by Gasteiger charge is 2.50. The molecular weight excluding hydrogens is 380 g/mol. The van der Waals surface area contributed by atoms with Gasteiger partial charge in [0.05, 0.1) is 23.8 Å². The Hall–Kier alpha value is -1.16. The first-order valence-corrected chi connectivity index (χ1v) is 11.6. The van der Waals surface area contributed by atoms with Crippen LogP contribution in [0.15, 0.2) is 4.52 Å². The topological polar surface area (TPSA) is 91.9 Å². The molecule has 9 heteroatoms. The Morgan fingerprint density at radius 2 is 1.96 bits per heavy atom. The Balaban J connectivity index is 1.26. The van der Waals surface area contributed by atoms with E-state index in [1.54, 1.807) is 11.8 Å². The second-order valence-corrected chi connectivity index (χ2v) is 9.22. The molecule has 1 N–H and O–H groups in total. The molecule has 4 heterocycles. The van der Waals surface area contributed by atoms with Gasteiger partial charge >= 0.3 is 5.97 Å². The number of hydrogen-bond acceptors (Lipinski definition) is 9. The lowest BCUT2D eigenvalue weighted by atomic mass is 9.76. The zero-order chi connectivity index (χ0) is 19.6. The quantitative estimate of drug-likeness (QED) is 0.696. The smallest absolute Gasteiger partial charge is 0.312 e. The maximum Gasteiger partial charge on any atom is 0.312 e. The van der Waals surface area contributed by atoms with Crippen LogP contribution in [0, 0.1) is 5.41 Å². The molecule has 0 amide bonds. The third-order valence-corrected chi connectivity index (χ3v) is 6.85. The number of esters is 1. The van der Waals surface area contributed by atoms with Crippen LogP contribution in [0.25, 0.3) is 0 Å². The molecule has 8 nitrogen and oxygen atoms in total. The molecule has 0 saturated carbocycles. The van der Waals surface area contributed by atoms with E-state index in [0.717, 1.165) is 76.4 Å². The molecule has 3 saturated heterocycles. The number of nitrogens with zero attached hydrogens (tertiary/aromatic N) is 4. The van der Waals surface area contributed by atoms with Crippen molar-refractivity contribution in [2.75, 3.05) is 39.0 Å². The number of carbonyl (C=O) groups is 1. The summed E-state index contributed by atoms with van der Waals surface area (Å²) in [5, 5.41) is 13.7. The van der Waals surface area contributed by atoms with Crippen molar-refractivity contribution in [2.45, 2.75) is 56.6 Å². The predicted molar refractivity (Wildman–Crippen MR) is 105 cm³/mol. The summed E-state index contributed by atoms with van der Waals surface area (Å²) in [5.41, 5.74) is -0.324. The van der Waals surface area contributed by atoms with Crippen molar-refractivity contribution in [2.24, 2.45) is 5.41 Å². The van der Waals surface area contributed by atoms with Crippen LogP contribution in [0.1, 0.15) is 43.8 Å². The van der Waals surface area contributed by atoms with Gasteiger partial charge in [0.25, 0.3) is 0 Å². The van der Waals surface area contributed by atoms with Gasteiger partial charge in [-0.3, -0.25) is 14.6 Å². The lowest BCUT2D eigenvalue weighted by Crippen LogP contribution is -2.42. The summed E-state index contributed by atoms with van der Waals surface area (Å²) in [6.07, 6.45) is 5.93. The zero-order valence-electron chi connectivity index (χ0n) is 16.5. The Bertz CT molecular complexity index is 669. The molecule has 28 heavy (non-hydrogen) atoms. The van der Waals surface area contributed by atoms with Crippen LogP contribution in [0.3, 0.4) is 0 Å². The van der Waals surface area contributed by atoms with E-state index >= 15 is 0 Å². The summed E-state index contributed by atoms with van der Waals surface area (Å²) in [6.45, 7) is 4.91. The number of ether oxygens (including phenoxy) is 1. The van der Waals surface area contributed by atoms with E-state index in [1.807, 2.05) is 6.26 Å². The molecule has 1 aromatic rings. The number of likely N-dealkylation sites (tertiary alicyclic amines) is 2. The number of carbonyl (C=O) groups excluding carboxylic acids is 1. The molecule has 4 rings (SSSR count). The highest BCUT2D eigenvalue weighted by atomic mass is 32.2. The first-order valence-electron chi connectivity index (χ1n) is 10.2. The summed E-state index contributed by atoms with van der Waals surface area (Å²) in [6, 6.07) is 0. The molecular formula is C19H30N4O4S. The average molecular weight is 411 g/mol. The third-order valence-electron chi connectivity index (χ3n) is 6.30. The number of thioether (sulfide) groups is 1. The molecule has 1 atom stereocenters. The summed E-state index contributed by atoms with van der Waals surface area (Å²) >= 11 is 1.67. The average Bonchev–Trinajstić information content (AvgIpc) is 3.24. The summed E-state index contributed by atoms with van der Waals surface area (Å²) in [7, 11) is 0. The van der Waals surface area contributed by atoms with Crippen LogP contribution in [-0.4, -0.2) is 82.2 Å². The number of hydrogen-bond donors (Lipinski definition) is 1. The van der Waals surface area contributed by atoms with E-state index in [2.05, 4.69) is 19.9 Å². The number of cyclic esters (lactones) is 1. The number of piperidine rings is 2. The van der Waals surface area contributed by atoms with E-state index in [4.69, 9.17) is 9.26 Å². The summed E-state index contributed by atoms with van der Waals surface area (Å²) in [5.74, 6) is 2.13. The lowest BCUT2D eigenvalue weighted by Gasteiger charge is -2.36. The van der Waals surface area contributed by atoms with Crippen molar-refractivity contribution in [3.63, 3.8) is 0 Å². The second-order valence-electron chi connectivity index (χ2n) is 8.36. The molecule has 0 aliphatic carbocycles. The van der Waals surface area contributed by atoms with Gasteiger partial charge in [-0.25, -0.2) is 0 Å². The molecule has 1 aromatic heterocycles. The molecule has 0 radical (unpaired) electrons. The Morgan fingerprint density at radius 3 is 2.68 bits per heavy atom. The van der Waals surface area contributed by atoms with Gasteiger partial charge in [0.1, 0.15) is 6.10 Å². The van der Waals surface area contributed by atoms with Gasteiger partial charge in [0, 0.05) is 26.1 Å². The van der Waals surface area contributed by atoms with Crippen LogP contribution >= 0.6 is 11.8 Å². The number of aliphatic hydroxyl groups excluding tert-OH is 1. The number of aliphatic hydroxyl groups is 1. The fourth-order valence-electron chi connectivity index (χ4n) is 4.61. The molecule has 0 aromatic carbocycles. The van der Waals surface area contributed by atoms with E-state index in [1.165, 1.54) is 0 Å². The van der Waals surface area contributed by atoms with Crippen molar-refractivity contribution in [1.29, 1.82) is 0 Å². The SMILES string of the molecule is CSCc1noc(CN2CCC3(CC2)CC(CN2CCC(O)CC2)OC3=O)n1. The van der Waals surface area contributed by atoms with Crippen LogP contribution in [0.4, 0.5) is 0 Å². The van der Waals surface area contributed by atoms with Gasteiger partial charge < -0.3 is 14.4 Å². The maximum atomic E-state index is 12.7. The minimum Gasteiger partial charge on any atom is -0.461 e. The summed E-state index contributed by atoms with van der Waals surface area (Å²) in [4.78, 5) is 21.7. The minimum atomic E-state index is -0.324. The van der Waals surface area contributed by atoms with Gasteiger partial charge in [-0.05, 0) is 45.0 Å². The molecule has 3 aliphatic rings. The van der Waals surface area contributed by atoms with E-state index < -0.39 is 0 Å².